The van der Waals surface area contributed by atoms with Crippen LogP contribution < -0.4 is 9.47 Å². The molecular formula is C29H31F2NO4S. The Morgan fingerprint density at radius 2 is 1.86 bits per heavy atom. The van der Waals surface area contributed by atoms with Crippen LogP contribution in [0, 0.1) is 37.3 Å². The number of aryl methyl sites for hydroxylation is 2. The molecule has 1 aromatic heterocycles. The summed E-state index contributed by atoms with van der Waals surface area (Å²) in [6.07, 6.45) is 2.57. The smallest absolute Gasteiger partial charge is 0.213 e. The maximum absolute atomic E-state index is 15.6. The highest BCUT2D eigenvalue weighted by Crippen LogP contribution is 2.61. The zero-order valence-electron chi connectivity index (χ0n) is 21.5. The lowest BCUT2D eigenvalue weighted by atomic mass is 9.97. The van der Waals surface area contributed by atoms with Crippen molar-refractivity contribution in [3.8, 4) is 22.8 Å². The summed E-state index contributed by atoms with van der Waals surface area (Å²) in [6, 6.07) is 10.3. The van der Waals surface area contributed by atoms with Gasteiger partial charge in [0, 0.05) is 29.1 Å². The fourth-order valence-corrected chi connectivity index (χ4v) is 6.30. The number of fused-ring (bicyclic) bond motifs is 3. The molecule has 3 atom stereocenters. The maximum Gasteiger partial charge on any atom is 0.213 e. The third kappa shape index (κ3) is 5.21. The molecule has 0 unspecified atom stereocenters. The molecule has 0 aliphatic heterocycles. The van der Waals surface area contributed by atoms with Gasteiger partial charge in [0.05, 0.1) is 17.9 Å². The normalized spacial score (nSPS) is 19.9. The molecule has 0 bridgehead atoms. The molecule has 8 heteroatoms. The lowest BCUT2D eigenvalue weighted by Gasteiger charge is -2.16. The van der Waals surface area contributed by atoms with Crippen LogP contribution in [0.2, 0.25) is 0 Å². The van der Waals surface area contributed by atoms with E-state index in [9.17, 15) is 12.8 Å². The van der Waals surface area contributed by atoms with Crippen LogP contribution in [-0.4, -0.2) is 32.0 Å². The fourth-order valence-electron chi connectivity index (χ4n) is 5.65. The van der Waals surface area contributed by atoms with Crippen molar-refractivity contribution in [1.82, 2.24) is 4.98 Å². The van der Waals surface area contributed by atoms with Crippen LogP contribution in [0.4, 0.5) is 8.78 Å². The molecule has 1 fully saturated rings. The predicted octanol–water partition coefficient (Wildman–Crippen LogP) is 5.94. The number of halogens is 2. The van der Waals surface area contributed by atoms with Crippen molar-refractivity contribution in [2.75, 3.05) is 18.6 Å². The number of sulfone groups is 1. The zero-order chi connectivity index (χ0) is 26.5. The van der Waals surface area contributed by atoms with E-state index < -0.39 is 21.5 Å². The van der Waals surface area contributed by atoms with Crippen molar-refractivity contribution in [3.05, 3.63) is 76.0 Å². The van der Waals surface area contributed by atoms with Crippen molar-refractivity contribution in [3.63, 3.8) is 0 Å². The fraction of sp³-hybridized carbons (Fsp3) is 0.414. The van der Waals surface area contributed by atoms with Crippen LogP contribution >= 0.6 is 0 Å². The van der Waals surface area contributed by atoms with Crippen molar-refractivity contribution in [2.24, 2.45) is 11.8 Å². The third-order valence-corrected chi connectivity index (χ3v) is 8.64. The Labute approximate surface area is 216 Å². The summed E-state index contributed by atoms with van der Waals surface area (Å²) in [6.45, 7) is 5.81. The standard InChI is InChI=1S/C29H31F2NO4S/c1-16-12-26(35-10-5-11-37(4,33)34)32-18(3)27(16)22-8-9-25(30)24(29(22)31)15-36-20-6-7-21-19(13-20)14-23-17(2)28(21)23/h6-9,12-13,17,23,28H,5,10-11,14-15H2,1-4H3/t17-,23-,28-/m0/s1. The maximum atomic E-state index is 15.6. The van der Waals surface area contributed by atoms with Crippen LogP contribution in [0.25, 0.3) is 11.1 Å². The minimum atomic E-state index is -3.06. The molecule has 2 aliphatic carbocycles. The molecule has 196 valence electrons. The van der Waals surface area contributed by atoms with Crippen LogP contribution in [-0.2, 0) is 22.9 Å². The Morgan fingerprint density at radius 3 is 2.59 bits per heavy atom. The van der Waals surface area contributed by atoms with Gasteiger partial charge in [-0.15, -0.1) is 0 Å². The molecule has 0 saturated heterocycles. The Kier molecular flexibility index (Phi) is 6.73. The van der Waals surface area contributed by atoms with Crippen LogP contribution in [0.1, 0.15) is 47.2 Å². The molecule has 37 heavy (non-hydrogen) atoms. The van der Waals surface area contributed by atoms with Gasteiger partial charge in [-0.25, -0.2) is 22.2 Å². The minimum absolute atomic E-state index is 0.0282. The van der Waals surface area contributed by atoms with Crippen LogP contribution in [0.5, 0.6) is 11.6 Å². The second-order valence-corrected chi connectivity index (χ2v) is 12.6. The first kappa shape index (κ1) is 25.6. The van der Waals surface area contributed by atoms with Gasteiger partial charge in [-0.2, -0.15) is 0 Å². The van der Waals surface area contributed by atoms with Gasteiger partial charge in [-0.3, -0.25) is 0 Å². The Morgan fingerprint density at radius 1 is 1.08 bits per heavy atom. The van der Waals surface area contributed by atoms with Crippen LogP contribution in [0.3, 0.4) is 0 Å². The van der Waals surface area contributed by atoms with E-state index in [1.54, 1.807) is 13.0 Å². The quantitative estimate of drug-likeness (QED) is 0.322. The van der Waals surface area contributed by atoms with Crippen molar-refractivity contribution < 1.29 is 26.7 Å². The Hall–Kier alpha value is -3.00. The summed E-state index contributed by atoms with van der Waals surface area (Å²) >= 11 is 0. The molecule has 2 aliphatic rings. The Balaban J connectivity index is 1.32. The number of hydrogen-bond donors (Lipinski definition) is 0. The predicted molar refractivity (Wildman–Crippen MR) is 139 cm³/mol. The molecular weight excluding hydrogens is 496 g/mol. The summed E-state index contributed by atoms with van der Waals surface area (Å²) in [7, 11) is -3.06. The lowest BCUT2D eigenvalue weighted by molar-refractivity contribution is 0.292. The van der Waals surface area contributed by atoms with E-state index >= 15 is 4.39 Å². The molecule has 1 heterocycles. The SMILES string of the molecule is Cc1cc(OCCCS(C)(=O)=O)nc(C)c1-c1ccc(F)c(COc2ccc3c(c2)C[C@H]2[C@H](C)[C@@H]32)c1F. The van der Waals surface area contributed by atoms with Crippen LogP contribution in [0.15, 0.2) is 36.4 Å². The molecule has 3 aromatic rings. The molecule has 2 aromatic carbocycles. The van der Waals surface area contributed by atoms with E-state index in [-0.39, 0.29) is 30.1 Å². The van der Waals surface area contributed by atoms with Gasteiger partial charge in [-0.1, -0.05) is 13.0 Å². The van der Waals surface area contributed by atoms with E-state index in [2.05, 4.69) is 18.0 Å². The second kappa shape index (κ2) is 9.71. The first-order chi connectivity index (χ1) is 17.5. The highest BCUT2D eigenvalue weighted by Gasteiger charge is 2.52. The first-order valence-corrected chi connectivity index (χ1v) is 14.6. The largest absolute Gasteiger partial charge is 0.489 e. The number of benzene rings is 2. The average molecular weight is 528 g/mol. The summed E-state index contributed by atoms with van der Waals surface area (Å²) in [5.74, 6) is 1.76. The van der Waals surface area contributed by atoms with E-state index in [1.165, 1.54) is 29.5 Å². The van der Waals surface area contributed by atoms with Gasteiger partial charge < -0.3 is 9.47 Å². The zero-order valence-corrected chi connectivity index (χ0v) is 22.3. The van der Waals surface area contributed by atoms with Gasteiger partial charge in [0.25, 0.3) is 0 Å². The summed E-state index contributed by atoms with van der Waals surface area (Å²) in [5, 5.41) is 0. The molecule has 5 rings (SSSR count). The summed E-state index contributed by atoms with van der Waals surface area (Å²) < 4.78 is 64.4. The summed E-state index contributed by atoms with van der Waals surface area (Å²) in [5.41, 5.74) is 4.58. The Bertz CT molecular complexity index is 1450. The first-order valence-electron chi connectivity index (χ1n) is 12.5. The van der Waals surface area contributed by atoms with E-state index in [1.807, 2.05) is 19.1 Å². The topological polar surface area (TPSA) is 65.5 Å². The highest BCUT2D eigenvalue weighted by atomic mass is 32.2. The third-order valence-electron chi connectivity index (χ3n) is 7.61. The average Bonchev–Trinajstić information content (AvgIpc) is 3.27. The molecule has 0 radical (unpaired) electrons. The van der Waals surface area contributed by atoms with E-state index in [0.29, 0.717) is 35.2 Å². The molecule has 1 saturated carbocycles. The van der Waals surface area contributed by atoms with Gasteiger partial charge in [-0.05, 0) is 85.4 Å². The highest BCUT2D eigenvalue weighted by molar-refractivity contribution is 7.90. The number of nitrogens with zero attached hydrogens (tertiary/aromatic N) is 1. The minimum Gasteiger partial charge on any atom is -0.489 e. The monoisotopic (exact) mass is 527 g/mol. The van der Waals surface area contributed by atoms with Gasteiger partial charge in [0.2, 0.25) is 5.88 Å². The number of pyridine rings is 1. The molecule has 0 spiro atoms. The molecule has 0 amide bonds. The van der Waals surface area contributed by atoms with E-state index in [0.717, 1.165) is 23.8 Å². The van der Waals surface area contributed by atoms with Crippen molar-refractivity contribution in [1.29, 1.82) is 0 Å². The molecule has 0 N–H and O–H groups in total. The number of hydrogen-bond acceptors (Lipinski definition) is 5. The van der Waals surface area contributed by atoms with Gasteiger partial charge in [0.15, 0.2) is 0 Å². The van der Waals surface area contributed by atoms with Crippen molar-refractivity contribution in [2.45, 2.75) is 46.1 Å². The molecule has 5 nitrogen and oxygen atoms in total. The number of ether oxygens (including phenoxy) is 2. The second-order valence-electron chi connectivity index (χ2n) is 10.4. The number of rotatable bonds is 9. The van der Waals surface area contributed by atoms with Gasteiger partial charge in [0.1, 0.15) is 33.8 Å². The summed E-state index contributed by atoms with van der Waals surface area (Å²) in [4.78, 5) is 4.42. The van der Waals surface area contributed by atoms with Crippen molar-refractivity contribution >= 4 is 9.84 Å². The lowest BCUT2D eigenvalue weighted by Crippen LogP contribution is -2.09. The number of aromatic nitrogens is 1. The van der Waals surface area contributed by atoms with E-state index in [4.69, 9.17) is 9.47 Å². The van der Waals surface area contributed by atoms with Gasteiger partial charge >= 0.3 is 0 Å².